The number of nitrogens with one attached hydrogen (secondary N) is 1. The zero-order chi connectivity index (χ0) is 10.3. The lowest BCUT2D eigenvalue weighted by Gasteiger charge is -1.95. The molecule has 1 aromatic heterocycles. The Kier molecular flexibility index (Phi) is 6.36. The van der Waals surface area contributed by atoms with Crippen LogP contribution in [0, 0.1) is 6.92 Å². The largest absolute Gasteiger partial charge is 0.318 e. The van der Waals surface area contributed by atoms with E-state index in [0.717, 1.165) is 11.2 Å². The molecule has 0 spiro atoms. The highest BCUT2D eigenvalue weighted by Gasteiger charge is 1.91. The van der Waals surface area contributed by atoms with Crippen molar-refractivity contribution in [1.29, 1.82) is 0 Å². The van der Waals surface area contributed by atoms with Crippen LogP contribution in [0.2, 0.25) is 0 Å². The van der Waals surface area contributed by atoms with Crippen molar-refractivity contribution < 1.29 is 4.79 Å². The molecule has 1 N–H and O–H groups in total. The van der Waals surface area contributed by atoms with E-state index in [1.165, 1.54) is 11.3 Å². The van der Waals surface area contributed by atoms with Gasteiger partial charge in [-0.2, -0.15) is 0 Å². The number of carbonyl (C=O) groups excluding carboxylic acids is 1. The van der Waals surface area contributed by atoms with Gasteiger partial charge in [0, 0.05) is 17.1 Å². The molecule has 74 valence electrons. The highest BCUT2D eigenvalue weighted by Crippen LogP contribution is 2.07. The number of aldehydes is 1. The Morgan fingerprint density at radius 1 is 1.62 bits per heavy atom. The summed E-state index contributed by atoms with van der Waals surface area (Å²) in [5.74, 6) is 0. The lowest BCUT2D eigenvalue weighted by Crippen LogP contribution is -2.15. The first-order chi connectivity index (χ1) is 6.10. The first-order valence-corrected chi connectivity index (χ1v) is 4.96. The van der Waals surface area contributed by atoms with E-state index >= 15 is 0 Å². The van der Waals surface area contributed by atoms with Crippen molar-refractivity contribution in [2.45, 2.75) is 26.8 Å². The molecular formula is C9H16N2OS. The van der Waals surface area contributed by atoms with Gasteiger partial charge in [-0.1, -0.05) is 13.8 Å². The van der Waals surface area contributed by atoms with Crippen LogP contribution in [0.5, 0.6) is 0 Å². The van der Waals surface area contributed by atoms with Crippen LogP contribution >= 0.6 is 11.3 Å². The van der Waals surface area contributed by atoms with E-state index < -0.39 is 0 Å². The standard InChI is InChI=1S/C5H5NOS.C4H11N/c1-4-2-6-5(3-7)8-4;1-4(2)5-3/h2-3H,1H3;4-5H,1-3H3. The number of thiazole rings is 1. The Hall–Kier alpha value is -0.740. The van der Waals surface area contributed by atoms with Gasteiger partial charge in [0.25, 0.3) is 0 Å². The molecule has 0 aliphatic heterocycles. The molecule has 0 aliphatic rings. The number of carbonyl (C=O) groups is 1. The average Bonchev–Trinajstić information content (AvgIpc) is 2.52. The summed E-state index contributed by atoms with van der Waals surface area (Å²) in [6, 6.07) is 0.634. The van der Waals surface area contributed by atoms with Crippen LogP contribution in [0.4, 0.5) is 0 Å². The van der Waals surface area contributed by atoms with Gasteiger partial charge in [-0.3, -0.25) is 4.79 Å². The summed E-state index contributed by atoms with van der Waals surface area (Å²) in [5, 5.41) is 3.59. The maximum Gasteiger partial charge on any atom is 0.178 e. The SMILES string of the molecule is CNC(C)C.Cc1cnc(C=O)s1. The second kappa shape index (κ2) is 6.74. The maximum atomic E-state index is 9.97. The first kappa shape index (κ1) is 12.3. The quantitative estimate of drug-likeness (QED) is 0.741. The van der Waals surface area contributed by atoms with Gasteiger partial charge < -0.3 is 5.32 Å². The molecule has 13 heavy (non-hydrogen) atoms. The third kappa shape index (κ3) is 6.42. The molecule has 0 amide bonds. The molecule has 1 aromatic rings. The van der Waals surface area contributed by atoms with Gasteiger partial charge in [0.1, 0.15) is 0 Å². The smallest absolute Gasteiger partial charge is 0.178 e. The molecule has 3 nitrogen and oxygen atoms in total. The summed E-state index contributed by atoms with van der Waals surface area (Å²) in [5.41, 5.74) is 0. The normalized spacial score (nSPS) is 9.31. The molecule has 0 bridgehead atoms. The van der Waals surface area contributed by atoms with E-state index in [4.69, 9.17) is 0 Å². The molecule has 0 unspecified atom stereocenters. The number of aryl methyl sites for hydroxylation is 1. The molecule has 0 saturated heterocycles. The molecular weight excluding hydrogens is 184 g/mol. The highest BCUT2D eigenvalue weighted by molar-refractivity contribution is 7.13. The van der Waals surface area contributed by atoms with Crippen molar-refractivity contribution in [3.05, 3.63) is 16.1 Å². The van der Waals surface area contributed by atoms with E-state index in [2.05, 4.69) is 24.1 Å². The van der Waals surface area contributed by atoms with E-state index in [1.807, 2.05) is 14.0 Å². The summed E-state index contributed by atoms with van der Waals surface area (Å²) in [6.07, 6.45) is 2.45. The summed E-state index contributed by atoms with van der Waals surface area (Å²) in [7, 11) is 1.95. The van der Waals surface area contributed by atoms with E-state index in [0.29, 0.717) is 11.0 Å². The van der Waals surface area contributed by atoms with Crippen LogP contribution < -0.4 is 5.32 Å². The predicted molar refractivity (Wildman–Crippen MR) is 56.4 cm³/mol. The number of hydrogen-bond donors (Lipinski definition) is 1. The maximum absolute atomic E-state index is 9.97. The molecule has 0 atom stereocenters. The highest BCUT2D eigenvalue weighted by atomic mass is 32.1. The van der Waals surface area contributed by atoms with Crippen molar-refractivity contribution in [3.63, 3.8) is 0 Å². The lowest BCUT2D eigenvalue weighted by atomic mass is 10.4. The topological polar surface area (TPSA) is 42.0 Å². The van der Waals surface area contributed by atoms with Crippen molar-refractivity contribution in [1.82, 2.24) is 10.3 Å². The molecule has 1 rings (SSSR count). The van der Waals surface area contributed by atoms with Gasteiger partial charge in [0.2, 0.25) is 0 Å². The lowest BCUT2D eigenvalue weighted by molar-refractivity contribution is 0.112. The van der Waals surface area contributed by atoms with Crippen molar-refractivity contribution in [2.24, 2.45) is 0 Å². The fourth-order valence-electron chi connectivity index (χ4n) is 0.427. The summed E-state index contributed by atoms with van der Waals surface area (Å²) in [6.45, 7) is 6.14. The fourth-order valence-corrected chi connectivity index (χ4v) is 1.02. The third-order valence-corrected chi connectivity index (χ3v) is 2.16. The van der Waals surface area contributed by atoms with Crippen LogP contribution in [0.1, 0.15) is 28.5 Å². The Morgan fingerprint density at radius 3 is 2.31 bits per heavy atom. The predicted octanol–water partition coefficient (Wildman–Crippen LogP) is 1.88. The third-order valence-electron chi connectivity index (χ3n) is 1.32. The number of rotatable bonds is 2. The van der Waals surface area contributed by atoms with Gasteiger partial charge in [0.05, 0.1) is 0 Å². The summed E-state index contributed by atoms with van der Waals surface area (Å²) in [4.78, 5) is 14.8. The van der Waals surface area contributed by atoms with Crippen LogP contribution in [-0.2, 0) is 0 Å². The van der Waals surface area contributed by atoms with Gasteiger partial charge in [-0.25, -0.2) is 4.98 Å². The van der Waals surface area contributed by atoms with Gasteiger partial charge in [-0.15, -0.1) is 11.3 Å². The van der Waals surface area contributed by atoms with E-state index in [1.54, 1.807) is 6.20 Å². The molecule has 0 aromatic carbocycles. The van der Waals surface area contributed by atoms with E-state index in [9.17, 15) is 4.79 Å². The molecule has 0 fully saturated rings. The van der Waals surface area contributed by atoms with Gasteiger partial charge >= 0.3 is 0 Å². The van der Waals surface area contributed by atoms with Crippen LogP contribution in [0.25, 0.3) is 0 Å². The molecule has 0 saturated carbocycles. The molecule has 0 aliphatic carbocycles. The fraction of sp³-hybridized carbons (Fsp3) is 0.556. The Labute approximate surface area is 83.2 Å². The monoisotopic (exact) mass is 200 g/mol. The number of aromatic nitrogens is 1. The van der Waals surface area contributed by atoms with Crippen LogP contribution in [-0.4, -0.2) is 24.4 Å². The second-order valence-electron chi connectivity index (χ2n) is 2.87. The molecule has 1 heterocycles. The number of hydrogen-bond acceptors (Lipinski definition) is 4. The molecule has 0 radical (unpaired) electrons. The van der Waals surface area contributed by atoms with Crippen molar-refractivity contribution >= 4 is 17.6 Å². The summed E-state index contributed by atoms with van der Waals surface area (Å²) >= 11 is 1.41. The Bertz CT molecular complexity index is 246. The minimum Gasteiger partial charge on any atom is -0.318 e. The second-order valence-corrected chi connectivity index (χ2v) is 4.14. The van der Waals surface area contributed by atoms with Gasteiger partial charge in [0.15, 0.2) is 11.3 Å². The molecule has 4 heteroatoms. The van der Waals surface area contributed by atoms with Gasteiger partial charge in [-0.05, 0) is 14.0 Å². The number of nitrogens with zero attached hydrogens (tertiary/aromatic N) is 1. The Balaban J connectivity index is 0.000000252. The van der Waals surface area contributed by atoms with Crippen molar-refractivity contribution in [3.8, 4) is 0 Å². The van der Waals surface area contributed by atoms with Crippen molar-refractivity contribution in [2.75, 3.05) is 7.05 Å². The van der Waals surface area contributed by atoms with Crippen LogP contribution in [0.15, 0.2) is 6.20 Å². The minimum atomic E-state index is 0.558. The first-order valence-electron chi connectivity index (χ1n) is 4.15. The zero-order valence-electron chi connectivity index (χ0n) is 8.50. The summed E-state index contributed by atoms with van der Waals surface area (Å²) < 4.78 is 0. The Morgan fingerprint density at radius 2 is 2.15 bits per heavy atom. The minimum absolute atomic E-state index is 0.558. The van der Waals surface area contributed by atoms with Crippen LogP contribution in [0.3, 0.4) is 0 Å². The average molecular weight is 200 g/mol. The van der Waals surface area contributed by atoms with E-state index in [-0.39, 0.29) is 0 Å². The zero-order valence-corrected chi connectivity index (χ0v) is 9.31.